The van der Waals surface area contributed by atoms with E-state index in [1.54, 1.807) is 0 Å². The van der Waals surface area contributed by atoms with Crippen LogP contribution in [0.2, 0.25) is 0 Å². The molecule has 0 aliphatic carbocycles. The Morgan fingerprint density at radius 2 is 2.00 bits per heavy atom. The molecule has 0 fully saturated rings. The molecule has 8 nitrogen and oxygen atoms in total. The Morgan fingerprint density at radius 3 is 2.71 bits per heavy atom. The summed E-state index contributed by atoms with van der Waals surface area (Å²) in [6.07, 6.45) is 1.49. The Balaban J connectivity index is 1.73. The fourth-order valence-electron chi connectivity index (χ4n) is 1.63. The van der Waals surface area contributed by atoms with Crippen LogP contribution in [0, 0.1) is 0 Å². The molecule has 0 unspecified atom stereocenters. The van der Waals surface area contributed by atoms with Gasteiger partial charge in [-0.1, -0.05) is 23.4 Å². The van der Waals surface area contributed by atoms with Gasteiger partial charge in [0, 0.05) is 5.69 Å². The Hall–Kier alpha value is -2.90. The summed E-state index contributed by atoms with van der Waals surface area (Å²) in [4.78, 5) is 22.1. The predicted octanol–water partition coefficient (Wildman–Crippen LogP) is 0.0910. The third-order valence-electron chi connectivity index (χ3n) is 2.58. The summed E-state index contributed by atoms with van der Waals surface area (Å²) < 4.78 is 1.20. The first-order valence-electron chi connectivity index (χ1n) is 6.30. The number of para-hydroxylation sites is 1. The standard InChI is InChI=1S/C13H15N5O3/c19-12(7-14-10-4-2-1-3-5-10)15-6-11-8-18(17-16-11)9-13(20)21/h1-5,8,14H,6-7,9H2,(H,15,19)(H,20,21). The average molecular weight is 289 g/mol. The number of amides is 1. The molecule has 0 aliphatic heterocycles. The van der Waals surface area contributed by atoms with E-state index in [2.05, 4.69) is 20.9 Å². The van der Waals surface area contributed by atoms with Gasteiger partial charge in [-0.05, 0) is 12.1 Å². The van der Waals surface area contributed by atoms with Crippen molar-refractivity contribution in [1.29, 1.82) is 0 Å². The van der Waals surface area contributed by atoms with Gasteiger partial charge in [-0.25, -0.2) is 4.68 Å². The highest BCUT2D eigenvalue weighted by molar-refractivity contribution is 5.80. The Labute approximate surface area is 120 Å². The molecule has 0 bridgehead atoms. The molecule has 1 amide bonds. The third-order valence-corrected chi connectivity index (χ3v) is 2.58. The SMILES string of the molecule is O=C(O)Cn1cc(CNC(=O)CNc2ccccc2)nn1. The molecule has 0 atom stereocenters. The normalized spacial score (nSPS) is 10.1. The Kier molecular flexibility index (Phi) is 4.86. The molecular formula is C13H15N5O3. The van der Waals surface area contributed by atoms with Gasteiger partial charge in [0.1, 0.15) is 12.2 Å². The van der Waals surface area contributed by atoms with E-state index in [1.165, 1.54) is 10.9 Å². The summed E-state index contributed by atoms with van der Waals surface area (Å²) in [5.41, 5.74) is 1.37. The molecule has 0 radical (unpaired) electrons. The van der Waals surface area contributed by atoms with Gasteiger partial charge in [-0.2, -0.15) is 0 Å². The van der Waals surface area contributed by atoms with Crippen LogP contribution < -0.4 is 10.6 Å². The van der Waals surface area contributed by atoms with Gasteiger partial charge in [0.2, 0.25) is 5.91 Å². The van der Waals surface area contributed by atoms with Gasteiger partial charge in [-0.3, -0.25) is 9.59 Å². The van der Waals surface area contributed by atoms with Crippen molar-refractivity contribution in [2.75, 3.05) is 11.9 Å². The number of aromatic nitrogens is 3. The fraction of sp³-hybridized carbons (Fsp3) is 0.231. The molecule has 21 heavy (non-hydrogen) atoms. The van der Waals surface area contributed by atoms with E-state index >= 15 is 0 Å². The first-order chi connectivity index (χ1) is 10.1. The third kappa shape index (κ3) is 4.94. The van der Waals surface area contributed by atoms with Gasteiger partial charge in [0.25, 0.3) is 0 Å². The molecule has 1 heterocycles. The van der Waals surface area contributed by atoms with Crippen molar-refractivity contribution in [2.45, 2.75) is 13.1 Å². The molecule has 0 saturated heterocycles. The van der Waals surface area contributed by atoms with E-state index < -0.39 is 5.97 Å². The van der Waals surface area contributed by atoms with Crippen LogP contribution in [0.3, 0.4) is 0 Å². The number of carbonyl (C=O) groups excluding carboxylic acids is 1. The van der Waals surface area contributed by atoms with E-state index in [0.29, 0.717) is 5.69 Å². The quantitative estimate of drug-likeness (QED) is 0.666. The van der Waals surface area contributed by atoms with Crippen molar-refractivity contribution in [3.05, 3.63) is 42.2 Å². The zero-order valence-electron chi connectivity index (χ0n) is 11.2. The highest BCUT2D eigenvalue weighted by atomic mass is 16.4. The topological polar surface area (TPSA) is 109 Å². The number of carboxylic acids is 1. The van der Waals surface area contributed by atoms with Crippen molar-refractivity contribution in [3.8, 4) is 0 Å². The van der Waals surface area contributed by atoms with Crippen molar-refractivity contribution in [2.24, 2.45) is 0 Å². The van der Waals surface area contributed by atoms with Crippen LogP contribution in [0.4, 0.5) is 5.69 Å². The zero-order chi connectivity index (χ0) is 15.1. The van der Waals surface area contributed by atoms with E-state index in [9.17, 15) is 9.59 Å². The molecular weight excluding hydrogens is 274 g/mol. The smallest absolute Gasteiger partial charge is 0.325 e. The molecule has 3 N–H and O–H groups in total. The van der Waals surface area contributed by atoms with Crippen LogP contribution in [-0.2, 0) is 22.7 Å². The second-order valence-electron chi connectivity index (χ2n) is 4.30. The van der Waals surface area contributed by atoms with E-state index in [4.69, 9.17) is 5.11 Å². The molecule has 0 aliphatic rings. The molecule has 2 rings (SSSR count). The molecule has 110 valence electrons. The summed E-state index contributed by atoms with van der Waals surface area (Å²) in [7, 11) is 0. The largest absolute Gasteiger partial charge is 0.480 e. The summed E-state index contributed by atoms with van der Waals surface area (Å²) >= 11 is 0. The minimum atomic E-state index is -0.998. The minimum Gasteiger partial charge on any atom is -0.480 e. The van der Waals surface area contributed by atoms with Crippen LogP contribution in [0.1, 0.15) is 5.69 Å². The average Bonchev–Trinajstić information content (AvgIpc) is 2.91. The van der Waals surface area contributed by atoms with Crippen LogP contribution in [0.15, 0.2) is 36.5 Å². The van der Waals surface area contributed by atoms with Gasteiger partial charge in [0.05, 0.1) is 19.3 Å². The van der Waals surface area contributed by atoms with Gasteiger partial charge in [-0.15, -0.1) is 5.10 Å². The minimum absolute atomic E-state index is 0.146. The van der Waals surface area contributed by atoms with Crippen molar-refractivity contribution >= 4 is 17.6 Å². The monoisotopic (exact) mass is 289 g/mol. The maximum Gasteiger partial charge on any atom is 0.325 e. The Bertz CT molecular complexity index is 611. The summed E-state index contributed by atoms with van der Waals surface area (Å²) in [5.74, 6) is -1.19. The number of aliphatic carboxylic acids is 1. The van der Waals surface area contributed by atoms with E-state index in [-0.39, 0.29) is 25.5 Å². The highest BCUT2D eigenvalue weighted by Gasteiger charge is 2.06. The van der Waals surface area contributed by atoms with E-state index in [1.807, 2.05) is 30.3 Å². The maximum atomic E-state index is 11.7. The number of hydrogen-bond donors (Lipinski definition) is 3. The molecule has 1 aromatic heterocycles. The number of carbonyl (C=O) groups is 2. The number of anilines is 1. The molecule has 2 aromatic rings. The van der Waals surface area contributed by atoms with Crippen molar-refractivity contribution in [1.82, 2.24) is 20.3 Å². The molecule has 0 spiro atoms. The lowest BCUT2D eigenvalue weighted by atomic mass is 10.3. The lowest BCUT2D eigenvalue weighted by Gasteiger charge is -2.06. The first-order valence-corrected chi connectivity index (χ1v) is 6.30. The van der Waals surface area contributed by atoms with Gasteiger partial charge < -0.3 is 15.7 Å². The lowest BCUT2D eigenvalue weighted by molar-refractivity contribution is -0.137. The summed E-state index contributed by atoms with van der Waals surface area (Å²) in [6.45, 7) is 0.0959. The second kappa shape index (κ2) is 7.04. The molecule has 1 aromatic carbocycles. The van der Waals surface area contributed by atoms with Crippen LogP contribution in [-0.4, -0.2) is 38.5 Å². The summed E-state index contributed by atoms with van der Waals surface area (Å²) in [6, 6.07) is 9.38. The van der Waals surface area contributed by atoms with Gasteiger partial charge >= 0.3 is 5.97 Å². The van der Waals surface area contributed by atoms with Crippen molar-refractivity contribution < 1.29 is 14.7 Å². The fourth-order valence-corrected chi connectivity index (χ4v) is 1.63. The van der Waals surface area contributed by atoms with E-state index in [0.717, 1.165) is 5.69 Å². The predicted molar refractivity (Wildman–Crippen MR) is 74.4 cm³/mol. The molecule has 0 saturated carbocycles. The van der Waals surface area contributed by atoms with Crippen LogP contribution >= 0.6 is 0 Å². The zero-order valence-corrected chi connectivity index (χ0v) is 11.2. The van der Waals surface area contributed by atoms with Crippen LogP contribution in [0.5, 0.6) is 0 Å². The molecule has 8 heteroatoms. The highest BCUT2D eigenvalue weighted by Crippen LogP contribution is 2.03. The number of benzene rings is 1. The Morgan fingerprint density at radius 1 is 1.24 bits per heavy atom. The number of carboxylic acid groups (broad SMARTS) is 1. The number of nitrogens with one attached hydrogen (secondary N) is 2. The summed E-state index contributed by atoms with van der Waals surface area (Å²) in [5, 5.41) is 21.7. The number of hydrogen-bond acceptors (Lipinski definition) is 5. The van der Waals surface area contributed by atoms with Crippen LogP contribution in [0.25, 0.3) is 0 Å². The second-order valence-corrected chi connectivity index (χ2v) is 4.30. The first kappa shape index (κ1) is 14.5. The van der Waals surface area contributed by atoms with Gasteiger partial charge in [0.15, 0.2) is 0 Å². The number of nitrogens with zero attached hydrogens (tertiary/aromatic N) is 3. The van der Waals surface area contributed by atoms with Crippen molar-refractivity contribution in [3.63, 3.8) is 0 Å². The lowest BCUT2D eigenvalue weighted by Crippen LogP contribution is -2.29. The number of rotatable bonds is 7. The maximum absolute atomic E-state index is 11.7.